The third-order valence-corrected chi connectivity index (χ3v) is 3.62. The summed E-state index contributed by atoms with van der Waals surface area (Å²) in [5.41, 5.74) is 2.62. The summed E-state index contributed by atoms with van der Waals surface area (Å²) in [5.74, 6) is 1.51. The maximum atomic E-state index is 8.92. The zero-order chi connectivity index (χ0) is 13.0. The van der Waals surface area contributed by atoms with Crippen molar-refractivity contribution in [2.45, 2.75) is 39.5 Å². The Morgan fingerprint density at radius 1 is 1.39 bits per heavy atom. The Morgan fingerprint density at radius 2 is 2.11 bits per heavy atom. The average Bonchev–Trinajstić information content (AvgIpc) is 2.89. The molecular weight excluding hydrogens is 226 g/mol. The highest BCUT2D eigenvalue weighted by Gasteiger charge is 2.16. The quantitative estimate of drug-likeness (QED) is 0.500. The van der Waals surface area contributed by atoms with Gasteiger partial charge in [0.2, 0.25) is 0 Å². The average molecular weight is 247 g/mol. The van der Waals surface area contributed by atoms with Gasteiger partial charge in [0.1, 0.15) is 5.75 Å². The van der Waals surface area contributed by atoms with Crippen molar-refractivity contribution in [2.24, 2.45) is 11.1 Å². The van der Waals surface area contributed by atoms with Crippen LogP contribution in [0.4, 0.5) is 0 Å². The second kappa shape index (κ2) is 5.89. The molecule has 1 aliphatic rings. The standard InChI is InChI=1S/C15H21NO2/c1-11-7-8-15(14(9-11)12(2)16-17)18-10-13-5-3-4-6-13/h7-9,13,17H,3-6,10H2,1-2H3. The molecule has 1 aliphatic carbocycles. The van der Waals surface area contributed by atoms with E-state index in [1.54, 1.807) is 6.92 Å². The Morgan fingerprint density at radius 3 is 2.78 bits per heavy atom. The van der Waals surface area contributed by atoms with Crippen molar-refractivity contribution in [2.75, 3.05) is 6.61 Å². The van der Waals surface area contributed by atoms with Crippen molar-refractivity contribution in [3.05, 3.63) is 29.3 Å². The van der Waals surface area contributed by atoms with Crippen LogP contribution in [0.25, 0.3) is 0 Å². The first kappa shape index (κ1) is 12.9. The van der Waals surface area contributed by atoms with Crippen LogP contribution < -0.4 is 4.74 Å². The maximum absolute atomic E-state index is 8.92. The third kappa shape index (κ3) is 3.03. The second-order valence-electron chi connectivity index (χ2n) is 5.15. The van der Waals surface area contributed by atoms with E-state index >= 15 is 0 Å². The molecule has 0 radical (unpaired) electrons. The first-order valence-electron chi connectivity index (χ1n) is 6.63. The van der Waals surface area contributed by atoms with Crippen LogP contribution in [-0.2, 0) is 0 Å². The fourth-order valence-corrected chi connectivity index (χ4v) is 2.49. The first-order valence-corrected chi connectivity index (χ1v) is 6.63. The van der Waals surface area contributed by atoms with Crippen LogP contribution in [0.3, 0.4) is 0 Å². The van der Waals surface area contributed by atoms with Crippen molar-refractivity contribution in [1.29, 1.82) is 0 Å². The fourth-order valence-electron chi connectivity index (χ4n) is 2.49. The van der Waals surface area contributed by atoms with Crippen LogP contribution >= 0.6 is 0 Å². The lowest BCUT2D eigenvalue weighted by molar-refractivity contribution is 0.251. The smallest absolute Gasteiger partial charge is 0.128 e. The molecule has 0 heterocycles. The third-order valence-electron chi connectivity index (χ3n) is 3.62. The van der Waals surface area contributed by atoms with Gasteiger partial charge >= 0.3 is 0 Å². The number of oxime groups is 1. The van der Waals surface area contributed by atoms with Gasteiger partial charge in [-0.15, -0.1) is 0 Å². The molecule has 3 nitrogen and oxygen atoms in total. The minimum Gasteiger partial charge on any atom is -0.493 e. The van der Waals surface area contributed by atoms with E-state index in [0.29, 0.717) is 11.6 Å². The Hall–Kier alpha value is -1.51. The van der Waals surface area contributed by atoms with Crippen molar-refractivity contribution < 1.29 is 9.94 Å². The molecule has 1 N–H and O–H groups in total. The van der Waals surface area contributed by atoms with Crippen LogP contribution in [0.15, 0.2) is 23.4 Å². The largest absolute Gasteiger partial charge is 0.493 e. The van der Waals surface area contributed by atoms with Gasteiger partial charge in [-0.05, 0) is 44.7 Å². The van der Waals surface area contributed by atoms with E-state index < -0.39 is 0 Å². The number of benzene rings is 1. The van der Waals surface area contributed by atoms with Gasteiger partial charge in [0.25, 0.3) is 0 Å². The van der Waals surface area contributed by atoms with Crippen molar-refractivity contribution in [1.82, 2.24) is 0 Å². The maximum Gasteiger partial charge on any atom is 0.128 e. The molecule has 0 amide bonds. The van der Waals surface area contributed by atoms with Gasteiger partial charge < -0.3 is 9.94 Å². The zero-order valence-electron chi connectivity index (χ0n) is 11.1. The Labute approximate surface area is 108 Å². The normalized spacial score (nSPS) is 17.1. The molecule has 0 unspecified atom stereocenters. The molecule has 0 aliphatic heterocycles. The van der Waals surface area contributed by atoms with Crippen molar-refractivity contribution in [3.8, 4) is 5.75 Å². The molecule has 0 aromatic heterocycles. The van der Waals surface area contributed by atoms with E-state index in [1.807, 2.05) is 25.1 Å². The lowest BCUT2D eigenvalue weighted by atomic mass is 10.1. The van der Waals surface area contributed by atoms with Gasteiger partial charge in [0.15, 0.2) is 0 Å². The summed E-state index contributed by atoms with van der Waals surface area (Å²) in [6.45, 7) is 4.58. The van der Waals surface area contributed by atoms with Gasteiger partial charge in [0, 0.05) is 5.56 Å². The molecule has 0 saturated heterocycles. The minimum atomic E-state index is 0.597. The van der Waals surface area contributed by atoms with E-state index in [-0.39, 0.29) is 0 Å². The van der Waals surface area contributed by atoms with Crippen molar-refractivity contribution in [3.63, 3.8) is 0 Å². The number of aryl methyl sites for hydroxylation is 1. The number of rotatable bonds is 4. The van der Waals surface area contributed by atoms with Crippen LogP contribution in [0.1, 0.15) is 43.7 Å². The molecule has 2 rings (SSSR count). The van der Waals surface area contributed by atoms with Crippen LogP contribution in [0.2, 0.25) is 0 Å². The molecule has 98 valence electrons. The molecule has 0 spiro atoms. The lowest BCUT2D eigenvalue weighted by Crippen LogP contribution is -2.10. The van der Waals surface area contributed by atoms with E-state index in [1.165, 1.54) is 25.7 Å². The summed E-state index contributed by atoms with van der Waals surface area (Å²) < 4.78 is 5.91. The van der Waals surface area contributed by atoms with Crippen LogP contribution in [0, 0.1) is 12.8 Å². The van der Waals surface area contributed by atoms with Gasteiger partial charge in [-0.2, -0.15) is 0 Å². The monoisotopic (exact) mass is 247 g/mol. The number of hydrogen-bond acceptors (Lipinski definition) is 3. The molecule has 0 bridgehead atoms. The Balaban J connectivity index is 2.10. The SMILES string of the molecule is CC(=NO)c1cc(C)ccc1OCC1CCCC1. The summed E-state index contributed by atoms with van der Waals surface area (Å²) in [6.07, 6.45) is 5.19. The van der Waals surface area contributed by atoms with E-state index in [2.05, 4.69) is 5.16 Å². The molecule has 1 saturated carbocycles. The highest BCUT2D eigenvalue weighted by molar-refractivity contribution is 6.00. The molecule has 18 heavy (non-hydrogen) atoms. The Kier molecular flexibility index (Phi) is 4.24. The van der Waals surface area contributed by atoms with Crippen LogP contribution in [0.5, 0.6) is 5.75 Å². The number of hydrogen-bond donors (Lipinski definition) is 1. The topological polar surface area (TPSA) is 41.8 Å². The Bertz CT molecular complexity index is 434. The van der Waals surface area contributed by atoms with E-state index in [9.17, 15) is 0 Å². The second-order valence-corrected chi connectivity index (χ2v) is 5.15. The van der Waals surface area contributed by atoms with Gasteiger partial charge in [-0.3, -0.25) is 0 Å². The highest BCUT2D eigenvalue weighted by atomic mass is 16.5. The summed E-state index contributed by atoms with van der Waals surface area (Å²) in [6, 6.07) is 5.99. The van der Waals surface area contributed by atoms with E-state index in [4.69, 9.17) is 9.94 Å². The minimum absolute atomic E-state index is 0.597. The number of ether oxygens (including phenoxy) is 1. The fraction of sp³-hybridized carbons (Fsp3) is 0.533. The molecule has 1 aromatic rings. The predicted molar refractivity (Wildman–Crippen MR) is 72.6 cm³/mol. The molecule has 1 aromatic carbocycles. The summed E-state index contributed by atoms with van der Waals surface area (Å²) >= 11 is 0. The summed E-state index contributed by atoms with van der Waals surface area (Å²) in [5, 5.41) is 12.2. The van der Waals surface area contributed by atoms with E-state index in [0.717, 1.165) is 23.5 Å². The van der Waals surface area contributed by atoms with Gasteiger partial charge in [-0.1, -0.05) is 29.6 Å². The molecule has 1 fully saturated rings. The zero-order valence-corrected chi connectivity index (χ0v) is 11.1. The van der Waals surface area contributed by atoms with Crippen LogP contribution in [-0.4, -0.2) is 17.5 Å². The molecule has 3 heteroatoms. The van der Waals surface area contributed by atoms with Gasteiger partial charge in [-0.25, -0.2) is 0 Å². The first-order chi connectivity index (χ1) is 8.70. The summed E-state index contributed by atoms with van der Waals surface area (Å²) in [7, 11) is 0. The molecular formula is C15H21NO2. The van der Waals surface area contributed by atoms with Crippen molar-refractivity contribution >= 4 is 5.71 Å². The molecule has 0 atom stereocenters. The summed E-state index contributed by atoms with van der Waals surface area (Å²) in [4.78, 5) is 0. The van der Waals surface area contributed by atoms with Gasteiger partial charge in [0.05, 0.1) is 12.3 Å². The highest BCUT2D eigenvalue weighted by Crippen LogP contribution is 2.27. The number of nitrogens with zero attached hydrogens (tertiary/aromatic N) is 1. The predicted octanol–water partition coefficient (Wildman–Crippen LogP) is 3.76. The lowest BCUT2D eigenvalue weighted by Gasteiger charge is -2.14.